The first kappa shape index (κ1) is 29.7. The minimum absolute atomic E-state index is 0.00192. The van der Waals surface area contributed by atoms with Crippen LogP contribution in [0.2, 0.25) is 10.0 Å². The van der Waals surface area contributed by atoms with Gasteiger partial charge in [0.25, 0.3) is 0 Å². The summed E-state index contributed by atoms with van der Waals surface area (Å²) >= 11 is 12.4. The maximum absolute atomic E-state index is 13.7. The molecule has 0 aromatic heterocycles. The summed E-state index contributed by atoms with van der Waals surface area (Å²) in [5.74, 6) is -0.574. The number of para-hydroxylation sites is 2. The number of carbonyl (C=O) groups excluding carboxylic acids is 2. The zero-order valence-electron chi connectivity index (χ0n) is 21.0. The van der Waals surface area contributed by atoms with Gasteiger partial charge in [-0.15, -0.1) is 0 Å². The zero-order chi connectivity index (χ0) is 26.9. The summed E-state index contributed by atoms with van der Waals surface area (Å²) in [4.78, 5) is 28.2. The van der Waals surface area contributed by atoms with Gasteiger partial charge in [0.2, 0.25) is 21.8 Å². The zero-order valence-corrected chi connectivity index (χ0v) is 23.3. The van der Waals surface area contributed by atoms with Gasteiger partial charge in [-0.05, 0) is 42.7 Å². The molecule has 0 aliphatic heterocycles. The van der Waals surface area contributed by atoms with Gasteiger partial charge < -0.3 is 15.0 Å². The summed E-state index contributed by atoms with van der Waals surface area (Å²) in [5, 5.41) is 3.65. The number of anilines is 1. The molecule has 8 nitrogen and oxygen atoms in total. The van der Waals surface area contributed by atoms with Crippen LogP contribution in [0, 0.1) is 0 Å². The van der Waals surface area contributed by atoms with Gasteiger partial charge in [-0.3, -0.25) is 13.9 Å². The Kier molecular flexibility index (Phi) is 11.3. The van der Waals surface area contributed by atoms with Gasteiger partial charge >= 0.3 is 0 Å². The lowest BCUT2D eigenvalue weighted by molar-refractivity contribution is -0.140. The number of nitrogens with zero attached hydrogens (tertiary/aromatic N) is 2. The molecule has 0 fully saturated rings. The van der Waals surface area contributed by atoms with Crippen LogP contribution in [0.15, 0.2) is 42.5 Å². The second-order valence-electron chi connectivity index (χ2n) is 8.27. The Morgan fingerprint density at radius 3 is 2.39 bits per heavy atom. The summed E-state index contributed by atoms with van der Waals surface area (Å²) in [6.45, 7) is 3.76. The highest BCUT2D eigenvalue weighted by molar-refractivity contribution is 7.92. The van der Waals surface area contributed by atoms with Crippen LogP contribution >= 0.6 is 23.2 Å². The Balaban J connectivity index is 2.47. The van der Waals surface area contributed by atoms with Crippen molar-refractivity contribution in [3.8, 4) is 5.75 Å². The molecule has 0 saturated carbocycles. The van der Waals surface area contributed by atoms with E-state index < -0.39 is 28.5 Å². The smallest absolute Gasteiger partial charge is 0.244 e. The molecule has 198 valence electrons. The number of carbonyl (C=O) groups is 2. The molecule has 0 aliphatic rings. The molecule has 2 amide bonds. The summed E-state index contributed by atoms with van der Waals surface area (Å²) in [6.07, 6.45) is 3.04. The molecule has 11 heteroatoms. The largest absolute Gasteiger partial charge is 0.495 e. The number of benzene rings is 2. The molecule has 0 spiro atoms. The number of hydrogen-bond donors (Lipinski definition) is 1. The van der Waals surface area contributed by atoms with E-state index >= 15 is 0 Å². The summed E-state index contributed by atoms with van der Waals surface area (Å²) in [7, 11) is -2.45. The highest BCUT2D eigenvalue weighted by Crippen LogP contribution is 2.30. The maximum Gasteiger partial charge on any atom is 0.244 e. The van der Waals surface area contributed by atoms with Crippen molar-refractivity contribution in [2.45, 2.75) is 45.7 Å². The predicted molar refractivity (Wildman–Crippen MR) is 144 cm³/mol. The van der Waals surface area contributed by atoms with E-state index in [2.05, 4.69) is 5.32 Å². The second-order valence-corrected chi connectivity index (χ2v) is 11.0. The highest BCUT2D eigenvalue weighted by atomic mass is 35.5. The van der Waals surface area contributed by atoms with Crippen molar-refractivity contribution in [2.75, 3.05) is 30.8 Å². The van der Waals surface area contributed by atoms with Crippen LogP contribution in [0.1, 0.15) is 38.7 Å². The van der Waals surface area contributed by atoms with E-state index in [0.717, 1.165) is 23.4 Å². The maximum atomic E-state index is 13.7. The number of unbranched alkanes of at least 4 members (excludes halogenated alkanes) is 1. The Labute approximate surface area is 223 Å². The third-order valence-electron chi connectivity index (χ3n) is 5.60. The quantitative estimate of drug-likeness (QED) is 0.366. The van der Waals surface area contributed by atoms with Crippen molar-refractivity contribution in [3.63, 3.8) is 0 Å². The number of amides is 2. The number of rotatable bonds is 13. The first-order chi connectivity index (χ1) is 17.0. The third kappa shape index (κ3) is 8.01. The van der Waals surface area contributed by atoms with Gasteiger partial charge in [0.05, 0.1) is 19.1 Å². The average Bonchev–Trinajstić information content (AvgIpc) is 2.83. The molecule has 2 rings (SSSR count). The van der Waals surface area contributed by atoms with E-state index in [1.807, 2.05) is 6.92 Å². The SMILES string of the molecule is CCCCNC(=O)[C@H](CC)N(Cc1ccc(Cl)cc1Cl)C(=O)CN(c1ccccc1OC)S(C)(=O)=O. The molecular formula is C25H33Cl2N3O5S. The van der Waals surface area contributed by atoms with Crippen molar-refractivity contribution in [2.24, 2.45) is 0 Å². The molecule has 0 radical (unpaired) electrons. The van der Waals surface area contributed by atoms with Crippen molar-refractivity contribution < 1.29 is 22.7 Å². The van der Waals surface area contributed by atoms with Crippen LogP contribution in [0.5, 0.6) is 5.75 Å². The lowest BCUT2D eigenvalue weighted by atomic mass is 10.1. The third-order valence-corrected chi connectivity index (χ3v) is 7.32. The van der Waals surface area contributed by atoms with Crippen LogP contribution in [0.4, 0.5) is 5.69 Å². The average molecular weight is 559 g/mol. The number of ether oxygens (including phenoxy) is 1. The second kappa shape index (κ2) is 13.7. The molecule has 36 heavy (non-hydrogen) atoms. The number of hydrogen-bond acceptors (Lipinski definition) is 5. The molecule has 0 bridgehead atoms. The normalized spacial score (nSPS) is 12.1. The van der Waals surface area contributed by atoms with Gasteiger partial charge in [0.1, 0.15) is 18.3 Å². The summed E-state index contributed by atoms with van der Waals surface area (Å²) < 4.78 is 31.8. The fourth-order valence-corrected chi connectivity index (χ4v) is 5.01. The topological polar surface area (TPSA) is 96.0 Å². The van der Waals surface area contributed by atoms with Gasteiger partial charge in [-0.2, -0.15) is 0 Å². The molecule has 0 aliphatic carbocycles. The molecule has 0 unspecified atom stereocenters. The van der Waals surface area contributed by atoms with Crippen LogP contribution < -0.4 is 14.4 Å². The first-order valence-electron chi connectivity index (χ1n) is 11.6. The van der Waals surface area contributed by atoms with Gasteiger partial charge in [0, 0.05) is 23.1 Å². The number of sulfonamides is 1. The van der Waals surface area contributed by atoms with Crippen molar-refractivity contribution >= 4 is 50.7 Å². The molecular weight excluding hydrogens is 525 g/mol. The molecule has 2 aromatic rings. The molecule has 2 aromatic carbocycles. The van der Waals surface area contributed by atoms with E-state index in [4.69, 9.17) is 27.9 Å². The van der Waals surface area contributed by atoms with Crippen LogP contribution in [-0.4, -0.2) is 57.6 Å². The number of halogens is 2. The van der Waals surface area contributed by atoms with E-state index in [9.17, 15) is 18.0 Å². The fourth-order valence-electron chi connectivity index (χ4n) is 3.69. The van der Waals surface area contributed by atoms with Gasteiger partial charge in [0.15, 0.2) is 0 Å². The fraction of sp³-hybridized carbons (Fsp3) is 0.440. The number of methoxy groups -OCH3 is 1. The van der Waals surface area contributed by atoms with E-state index in [1.165, 1.54) is 12.0 Å². The monoisotopic (exact) mass is 557 g/mol. The molecule has 0 heterocycles. The van der Waals surface area contributed by atoms with Crippen LogP contribution in [0.25, 0.3) is 0 Å². The van der Waals surface area contributed by atoms with Crippen LogP contribution in [0.3, 0.4) is 0 Å². The van der Waals surface area contributed by atoms with Gasteiger partial charge in [-0.1, -0.05) is 61.7 Å². The minimum Gasteiger partial charge on any atom is -0.495 e. The first-order valence-corrected chi connectivity index (χ1v) is 14.3. The van der Waals surface area contributed by atoms with E-state index in [1.54, 1.807) is 49.4 Å². The Morgan fingerprint density at radius 2 is 1.81 bits per heavy atom. The van der Waals surface area contributed by atoms with Crippen molar-refractivity contribution in [3.05, 3.63) is 58.1 Å². The molecule has 1 N–H and O–H groups in total. The minimum atomic E-state index is -3.87. The van der Waals surface area contributed by atoms with E-state index in [-0.39, 0.29) is 18.1 Å². The number of nitrogens with one attached hydrogen (secondary N) is 1. The van der Waals surface area contributed by atoms with Crippen molar-refractivity contribution in [1.29, 1.82) is 0 Å². The lowest BCUT2D eigenvalue weighted by Crippen LogP contribution is -2.52. The standard InChI is InChI=1S/C25H33Cl2N3O5S/c1-5-7-14-28-25(32)21(6-2)29(16-18-12-13-19(26)15-20(18)27)24(31)17-30(36(4,33)34)22-10-8-9-11-23(22)35-3/h8-13,15,21H,5-7,14,16-17H2,1-4H3,(H,28,32)/t21-/m0/s1. The Hall–Kier alpha value is -2.49. The lowest BCUT2D eigenvalue weighted by Gasteiger charge is -2.33. The molecule has 0 saturated heterocycles. The summed E-state index contributed by atoms with van der Waals surface area (Å²) in [5.41, 5.74) is 0.804. The Morgan fingerprint density at radius 1 is 1.11 bits per heavy atom. The van der Waals surface area contributed by atoms with Crippen LogP contribution in [-0.2, 0) is 26.2 Å². The van der Waals surface area contributed by atoms with E-state index in [0.29, 0.717) is 34.3 Å². The predicted octanol–water partition coefficient (Wildman–Crippen LogP) is 4.49. The van der Waals surface area contributed by atoms with Crippen molar-refractivity contribution in [1.82, 2.24) is 10.2 Å². The highest BCUT2D eigenvalue weighted by Gasteiger charge is 2.32. The van der Waals surface area contributed by atoms with Gasteiger partial charge in [-0.25, -0.2) is 8.42 Å². The molecule has 1 atom stereocenters. The summed E-state index contributed by atoms with van der Waals surface area (Å²) in [6, 6.07) is 10.6. The Bertz CT molecular complexity index is 1160.